The highest BCUT2D eigenvalue weighted by Crippen LogP contribution is 2.18. The first-order valence-electron chi connectivity index (χ1n) is 6.42. The summed E-state index contributed by atoms with van der Waals surface area (Å²) in [6, 6.07) is 0.705. The van der Waals surface area contributed by atoms with Gasteiger partial charge in [0, 0.05) is 12.6 Å². The van der Waals surface area contributed by atoms with Gasteiger partial charge in [-0.2, -0.15) is 0 Å². The van der Waals surface area contributed by atoms with E-state index in [0.717, 1.165) is 19.4 Å². The molecule has 0 aromatic rings. The van der Waals surface area contributed by atoms with Gasteiger partial charge in [-0.25, -0.2) is 4.79 Å². The van der Waals surface area contributed by atoms with Gasteiger partial charge in [-0.05, 0) is 19.8 Å². The molecule has 0 aromatic heterocycles. The van der Waals surface area contributed by atoms with E-state index in [9.17, 15) is 4.79 Å². The number of morpholine rings is 1. The van der Waals surface area contributed by atoms with Crippen LogP contribution in [0.4, 0.5) is 4.79 Å². The predicted molar refractivity (Wildman–Crippen MR) is 62.4 cm³/mol. The van der Waals surface area contributed by atoms with Crippen molar-refractivity contribution in [1.82, 2.24) is 10.2 Å². The summed E-state index contributed by atoms with van der Waals surface area (Å²) in [7, 11) is 0. The maximum atomic E-state index is 12.0. The zero-order chi connectivity index (χ0) is 11.4. The van der Waals surface area contributed by atoms with E-state index >= 15 is 0 Å². The molecule has 2 amide bonds. The largest absolute Gasteiger partial charge is 0.377 e. The van der Waals surface area contributed by atoms with E-state index in [1.54, 1.807) is 0 Å². The van der Waals surface area contributed by atoms with Gasteiger partial charge in [-0.15, -0.1) is 0 Å². The summed E-state index contributed by atoms with van der Waals surface area (Å²) < 4.78 is 5.33. The summed E-state index contributed by atoms with van der Waals surface area (Å²) >= 11 is 0. The molecule has 16 heavy (non-hydrogen) atoms. The van der Waals surface area contributed by atoms with E-state index in [-0.39, 0.29) is 12.1 Å². The zero-order valence-electron chi connectivity index (χ0n) is 10.1. The van der Waals surface area contributed by atoms with E-state index in [2.05, 4.69) is 5.32 Å². The number of nitrogens with one attached hydrogen (secondary N) is 1. The molecule has 0 unspecified atom stereocenters. The standard InChI is InChI=1S/C12H22N2O2/c1-10-9-16-8-7-14(10)12(15)13-11-5-3-2-4-6-11/h10-11H,2-9H2,1H3,(H,13,15)/t10-/m0/s1. The van der Waals surface area contributed by atoms with Crippen molar-refractivity contribution in [3.63, 3.8) is 0 Å². The SMILES string of the molecule is C[C@H]1COCCN1C(=O)NC1CCCCC1. The molecule has 1 saturated carbocycles. The van der Waals surface area contributed by atoms with Crippen LogP contribution in [0.3, 0.4) is 0 Å². The van der Waals surface area contributed by atoms with Gasteiger partial charge in [-0.3, -0.25) is 0 Å². The Kier molecular flexibility index (Phi) is 4.04. The van der Waals surface area contributed by atoms with Crippen LogP contribution < -0.4 is 5.32 Å². The summed E-state index contributed by atoms with van der Waals surface area (Å²) in [4.78, 5) is 13.9. The van der Waals surface area contributed by atoms with Crippen LogP contribution >= 0.6 is 0 Å². The highest BCUT2D eigenvalue weighted by Gasteiger charge is 2.25. The first-order chi connectivity index (χ1) is 7.77. The van der Waals surface area contributed by atoms with E-state index in [1.807, 2.05) is 11.8 Å². The normalized spacial score (nSPS) is 27.8. The molecule has 1 N–H and O–H groups in total. The van der Waals surface area contributed by atoms with Gasteiger partial charge in [0.2, 0.25) is 0 Å². The van der Waals surface area contributed by atoms with Crippen molar-refractivity contribution in [3.8, 4) is 0 Å². The lowest BCUT2D eigenvalue weighted by Gasteiger charge is -2.35. The van der Waals surface area contributed by atoms with E-state index in [4.69, 9.17) is 4.74 Å². The molecule has 4 nitrogen and oxygen atoms in total. The van der Waals surface area contributed by atoms with Gasteiger partial charge < -0.3 is 15.0 Å². The second-order valence-corrected chi connectivity index (χ2v) is 4.90. The topological polar surface area (TPSA) is 41.6 Å². The van der Waals surface area contributed by atoms with Gasteiger partial charge in [0.25, 0.3) is 0 Å². The Balaban J connectivity index is 1.81. The molecule has 1 aliphatic heterocycles. The van der Waals surface area contributed by atoms with Crippen LogP contribution in [-0.2, 0) is 4.74 Å². The molecule has 0 spiro atoms. The average molecular weight is 226 g/mol. The molecule has 2 fully saturated rings. The van der Waals surface area contributed by atoms with Crippen molar-refractivity contribution >= 4 is 6.03 Å². The highest BCUT2D eigenvalue weighted by molar-refractivity contribution is 5.75. The number of nitrogens with zero attached hydrogens (tertiary/aromatic N) is 1. The third kappa shape index (κ3) is 2.88. The minimum absolute atomic E-state index is 0.0997. The van der Waals surface area contributed by atoms with Crippen LogP contribution in [0.25, 0.3) is 0 Å². The van der Waals surface area contributed by atoms with Crippen molar-refractivity contribution in [2.24, 2.45) is 0 Å². The number of urea groups is 1. The molecule has 0 bridgehead atoms. The molecule has 0 radical (unpaired) electrons. The molecule has 1 atom stereocenters. The predicted octanol–water partition coefficient (Wildman–Crippen LogP) is 1.75. The third-order valence-electron chi connectivity index (χ3n) is 3.56. The number of carbonyl (C=O) groups is 1. The lowest BCUT2D eigenvalue weighted by molar-refractivity contribution is 0.0181. The maximum Gasteiger partial charge on any atom is 0.318 e. The van der Waals surface area contributed by atoms with Crippen molar-refractivity contribution in [2.75, 3.05) is 19.8 Å². The second-order valence-electron chi connectivity index (χ2n) is 4.90. The summed E-state index contributed by atoms with van der Waals surface area (Å²) in [5.74, 6) is 0. The van der Waals surface area contributed by atoms with Gasteiger partial charge in [0.05, 0.1) is 19.3 Å². The molecule has 1 aliphatic carbocycles. The number of carbonyl (C=O) groups excluding carboxylic acids is 1. The van der Waals surface area contributed by atoms with Crippen molar-refractivity contribution in [1.29, 1.82) is 0 Å². The molecule has 4 heteroatoms. The van der Waals surface area contributed by atoms with Gasteiger partial charge >= 0.3 is 6.03 Å². The van der Waals surface area contributed by atoms with Gasteiger partial charge in [0.1, 0.15) is 0 Å². The smallest absolute Gasteiger partial charge is 0.318 e. The molecule has 2 rings (SSSR count). The van der Waals surface area contributed by atoms with E-state index in [0.29, 0.717) is 19.3 Å². The maximum absolute atomic E-state index is 12.0. The zero-order valence-corrected chi connectivity index (χ0v) is 10.1. The summed E-state index contributed by atoms with van der Waals surface area (Å²) in [6.45, 7) is 4.10. The summed E-state index contributed by atoms with van der Waals surface area (Å²) in [5, 5.41) is 3.15. The number of ether oxygens (including phenoxy) is 1. The Labute approximate surface area is 97.3 Å². The fourth-order valence-electron chi connectivity index (χ4n) is 2.53. The summed E-state index contributed by atoms with van der Waals surface area (Å²) in [5.41, 5.74) is 0. The average Bonchev–Trinajstić information content (AvgIpc) is 2.31. The number of amides is 2. The third-order valence-corrected chi connectivity index (χ3v) is 3.56. The molecule has 2 aliphatic rings. The molecule has 1 heterocycles. The molecular formula is C12H22N2O2. The van der Waals surface area contributed by atoms with Crippen molar-refractivity contribution in [2.45, 2.75) is 51.1 Å². The minimum atomic E-state index is 0.0997. The molecule has 1 saturated heterocycles. The Morgan fingerprint density at radius 3 is 2.75 bits per heavy atom. The monoisotopic (exact) mass is 226 g/mol. The number of hydrogen-bond acceptors (Lipinski definition) is 2. The lowest BCUT2D eigenvalue weighted by Crippen LogP contribution is -2.53. The summed E-state index contributed by atoms with van der Waals surface area (Å²) in [6.07, 6.45) is 6.11. The molecule has 0 aromatic carbocycles. The number of hydrogen-bond donors (Lipinski definition) is 1. The number of rotatable bonds is 1. The van der Waals surface area contributed by atoms with Crippen molar-refractivity contribution < 1.29 is 9.53 Å². The van der Waals surface area contributed by atoms with Crippen LogP contribution in [0.5, 0.6) is 0 Å². The Morgan fingerprint density at radius 2 is 2.06 bits per heavy atom. The molecule has 92 valence electrons. The lowest BCUT2D eigenvalue weighted by atomic mass is 9.96. The quantitative estimate of drug-likeness (QED) is 0.740. The van der Waals surface area contributed by atoms with Crippen LogP contribution in [0.1, 0.15) is 39.0 Å². The molecular weight excluding hydrogens is 204 g/mol. The second kappa shape index (κ2) is 5.53. The minimum Gasteiger partial charge on any atom is -0.377 e. The van der Waals surface area contributed by atoms with Gasteiger partial charge in [-0.1, -0.05) is 19.3 Å². The van der Waals surface area contributed by atoms with Crippen LogP contribution in [0, 0.1) is 0 Å². The van der Waals surface area contributed by atoms with Gasteiger partial charge in [0.15, 0.2) is 0 Å². The fraction of sp³-hybridized carbons (Fsp3) is 0.917. The highest BCUT2D eigenvalue weighted by atomic mass is 16.5. The Morgan fingerprint density at radius 1 is 1.31 bits per heavy atom. The first-order valence-corrected chi connectivity index (χ1v) is 6.42. The van der Waals surface area contributed by atoms with Crippen LogP contribution in [0.15, 0.2) is 0 Å². The van der Waals surface area contributed by atoms with Crippen LogP contribution in [0.2, 0.25) is 0 Å². The van der Waals surface area contributed by atoms with Crippen molar-refractivity contribution in [3.05, 3.63) is 0 Å². The van der Waals surface area contributed by atoms with E-state index in [1.165, 1.54) is 19.3 Å². The Hall–Kier alpha value is -0.770. The fourth-order valence-corrected chi connectivity index (χ4v) is 2.53. The van der Waals surface area contributed by atoms with Crippen LogP contribution in [-0.4, -0.2) is 42.8 Å². The Bertz CT molecular complexity index is 239. The first kappa shape index (κ1) is 11.7. The van der Waals surface area contributed by atoms with E-state index < -0.39 is 0 Å².